The predicted octanol–water partition coefficient (Wildman–Crippen LogP) is 2.96. The molecule has 2 N–H and O–H groups in total. The molecule has 0 radical (unpaired) electrons. The molecule has 2 aliphatic rings. The Balaban J connectivity index is 1.63. The van der Waals surface area contributed by atoms with E-state index in [0.29, 0.717) is 6.04 Å². The number of amides is 2. The van der Waals surface area contributed by atoms with Crippen LogP contribution in [-0.2, 0) is 0 Å². The molecule has 1 aromatic rings. The third kappa shape index (κ3) is 2.83. The van der Waals surface area contributed by atoms with Crippen molar-refractivity contribution >= 4 is 17.4 Å². The summed E-state index contributed by atoms with van der Waals surface area (Å²) in [5.41, 5.74) is 2.14. The van der Waals surface area contributed by atoms with Crippen LogP contribution >= 0.6 is 0 Å². The molecular formula is C15H21N3O. The van der Waals surface area contributed by atoms with Crippen molar-refractivity contribution in [2.24, 2.45) is 0 Å². The summed E-state index contributed by atoms with van der Waals surface area (Å²) in [5.74, 6) is 0. The number of hydrogen-bond acceptors (Lipinski definition) is 2. The Hall–Kier alpha value is -1.71. The van der Waals surface area contributed by atoms with Gasteiger partial charge in [0.1, 0.15) is 0 Å². The fourth-order valence-corrected chi connectivity index (χ4v) is 2.94. The maximum atomic E-state index is 11.6. The second kappa shape index (κ2) is 5.51. The van der Waals surface area contributed by atoms with Gasteiger partial charge in [-0.2, -0.15) is 0 Å². The molecule has 19 heavy (non-hydrogen) atoms. The van der Waals surface area contributed by atoms with E-state index in [4.69, 9.17) is 0 Å². The molecule has 2 fully saturated rings. The van der Waals surface area contributed by atoms with Crippen LogP contribution in [0.4, 0.5) is 16.2 Å². The molecule has 1 saturated carbocycles. The van der Waals surface area contributed by atoms with Crippen LogP contribution in [0.3, 0.4) is 0 Å². The molecule has 0 aromatic heterocycles. The summed E-state index contributed by atoms with van der Waals surface area (Å²) in [5, 5.41) is 6.41. The highest BCUT2D eigenvalue weighted by Crippen LogP contribution is 2.24. The number of nitrogens with zero attached hydrogens (tertiary/aromatic N) is 1. The summed E-state index contributed by atoms with van der Waals surface area (Å²) in [7, 11) is 0. The number of anilines is 2. The minimum Gasteiger partial charge on any atom is -0.382 e. The van der Waals surface area contributed by atoms with Gasteiger partial charge in [0, 0.05) is 30.5 Å². The topological polar surface area (TPSA) is 44.4 Å². The third-order valence-electron chi connectivity index (χ3n) is 4.01. The number of carbonyl (C=O) groups excluding carboxylic acids is 1. The van der Waals surface area contributed by atoms with E-state index in [1.807, 2.05) is 12.1 Å². The molecule has 1 heterocycles. The van der Waals surface area contributed by atoms with Gasteiger partial charge >= 0.3 is 6.03 Å². The lowest BCUT2D eigenvalue weighted by Gasteiger charge is -2.24. The van der Waals surface area contributed by atoms with Crippen LogP contribution in [-0.4, -0.2) is 25.2 Å². The second-order valence-electron chi connectivity index (χ2n) is 5.41. The Morgan fingerprint density at radius 2 is 1.84 bits per heavy atom. The average molecular weight is 259 g/mol. The molecular weight excluding hydrogens is 238 g/mol. The zero-order chi connectivity index (χ0) is 13.1. The summed E-state index contributed by atoms with van der Waals surface area (Å²) in [4.78, 5) is 13.4. The Kier molecular flexibility index (Phi) is 3.58. The average Bonchev–Trinajstić information content (AvgIpc) is 2.87. The first-order valence-corrected chi connectivity index (χ1v) is 7.25. The lowest BCUT2D eigenvalue weighted by Crippen LogP contribution is -2.27. The zero-order valence-electron chi connectivity index (χ0n) is 11.2. The highest BCUT2D eigenvalue weighted by Gasteiger charge is 2.20. The van der Waals surface area contributed by atoms with E-state index in [0.717, 1.165) is 24.5 Å². The van der Waals surface area contributed by atoms with Gasteiger partial charge in [0.25, 0.3) is 0 Å². The summed E-state index contributed by atoms with van der Waals surface area (Å²) in [6, 6.07) is 8.83. The van der Waals surface area contributed by atoms with Crippen LogP contribution < -0.4 is 15.5 Å². The summed E-state index contributed by atoms with van der Waals surface area (Å²) in [6.07, 6.45) is 6.60. The maximum absolute atomic E-state index is 11.6. The number of carbonyl (C=O) groups is 1. The first kappa shape index (κ1) is 12.3. The first-order chi connectivity index (χ1) is 9.33. The molecule has 3 rings (SSSR count). The Bertz CT molecular complexity index is 437. The lowest BCUT2D eigenvalue weighted by molar-refractivity contribution is 0.252. The van der Waals surface area contributed by atoms with Crippen molar-refractivity contribution in [3.8, 4) is 0 Å². The van der Waals surface area contributed by atoms with Gasteiger partial charge in [-0.1, -0.05) is 19.3 Å². The number of benzene rings is 1. The molecule has 1 aliphatic heterocycles. The Labute approximate surface area is 114 Å². The number of urea groups is 1. The number of nitrogens with one attached hydrogen (secondary N) is 2. The van der Waals surface area contributed by atoms with Crippen molar-refractivity contribution in [1.29, 1.82) is 0 Å². The molecule has 1 saturated heterocycles. The van der Waals surface area contributed by atoms with Gasteiger partial charge in [-0.3, -0.25) is 4.90 Å². The molecule has 0 unspecified atom stereocenters. The van der Waals surface area contributed by atoms with Crippen LogP contribution in [0.5, 0.6) is 0 Å². The van der Waals surface area contributed by atoms with Gasteiger partial charge < -0.3 is 10.6 Å². The van der Waals surface area contributed by atoms with Crippen molar-refractivity contribution in [3.05, 3.63) is 24.3 Å². The highest BCUT2D eigenvalue weighted by molar-refractivity contribution is 5.94. The fourth-order valence-electron chi connectivity index (χ4n) is 2.94. The van der Waals surface area contributed by atoms with E-state index < -0.39 is 0 Å². The molecule has 4 heteroatoms. The third-order valence-corrected chi connectivity index (χ3v) is 4.01. The molecule has 4 nitrogen and oxygen atoms in total. The van der Waals surface area contributed by atoms with E-state index in [1.165, 1.54) is 32.1 Å². The second-order valence-corrected chi connectivity index (χ2v) is 5.41. The number of rotatable bonds is 3. The van der Waals surface area contributed by atoms with Crippen molar-refractivity contribution in [2.45, 2.75) is 38.1 Å². The SMILES string of the molecule is O=C1NCCN1c1ccc(NC2CCCCC2)cc1. The van der Waals surface area contributed by atoms with E-state index >= 15 is 0 Å². The van der Waals surface area contributed by atoms with E-state index in [9.17, 15) is 4.79 Å². The standard InChI is InChI=1S/C15H21N3O/c19-15-16-10-11-18(15)14-8-6-13(7-9-14)17-12-4-2-1-3-5-12/h6-9,12,17H,1-5,10-11H2,(H,16,19). The van der Waals surface area contributed by atoms with Gasteiger partial charge in [0.2, 0.25) is 0 Å². The van der Waals surface area contributed by atoms with Crippen molar-refractivity contribution in [3.63, 3.8) is 0 Å². The molecule has 1 aliphatic carbocycles. The molecule has 1 aromatic carbocycles. The summed E-state index contributed by atoms with van der Waals surface area (Å²) < 4.78 is 0. The van der Waals surface area contributed by atoms with Gasteiger partial charge in [-0.25, -0.2) is 4.79 Å². The normalized spacial score (nSPS) is 20.4. The summed E-state index contributed by atoms with van der Waals surface area (Å²) >= 11 is 0. The highest BCUT2D eigenvalue weighted by atomic mass is 16.2. The van der Waals surface area contributed by atoms with Crippen LogP contribution in [0.25, 0.3) is 0 Å². The largest absolute Gasteiger partial charge is 0.382 e. The maximum Gasteiger partial charge on any atom is 0.321 e. The van der Waals surface area contributed by atoms with Gasteiger partial charge in [-0.05, 0) is 37.1 Å². The lowest BCUT2D eigenvalue weighted by atomic mass is 9.95. The molecule has 2 amide bonds. The van der Waals surface area contributed by atoms with Crippen LogP contribution in [0.1, 0.15) is 32.1 Å². The van der Waals surface area contributed by atoms with Gasteiger partial charge in [0.15, 0.2) is 0 Å². The smallest absolute Gasteiger partial charge is 0.321 e. The van der Waals surface area contributed by atoms with Crippen LogP contribution in [0, 0.1) is 0 Å². The van der Waals surface area contributed by atoms with E-state index in [1.54, 1.807) is 4.90 Å². The van der Waals surface area contributed by atoms with Gasteiger partial charge in [-0.15, -0.1) is 0 Å². The first-order valence-electron chi connectivity index (χ1n) is 7.25. The number of hydrogen-bond donors (Lipinski definition) is 2. The zero-order valence-corrected chi connectivity index (χ0v) is 11.2. The van der Waals surface area contributed by atoms with Crippen molar-refractivity contribution in [2.75, 3.05) is 23.3 Å². The Morgan fingerprint density at radius 3 is 2.47 bits per heavy atom. The van der Waals surface area contributed by atoms with Crippen molar-refractivity contribution < 1.29 is 4.79 Å². The predicted molar refractivity (Wildman–Crippen MR) is 77.7 cm³/mol. The van der Waals surface area contributed by atoms with E-state index in [-0.39, 0.29) is 6.03 Å². The minimum absolute atomic E-state index is 0.00740. The molecule has 102 valence electrons. The Morgan fingerprint density at radius 1 is 1.11 bits per heavy atom. The molecule has 0 bridgehead atoms. The van der Waals surface area contributed by atoms with E-state index in [2.05, 4.69) is 22.8 Å². The molecule has 0 spiro atoms. The monoisotopic (exact) mass is 259 g/mol. The quantitative estimate of drug-likeness (QED) is 0.876. The van der Waals surface area contributed by atoms with Crippen LogP contribution in [0.2, 0.25) is 0 Å². The summed E-state index contributed by atoms with van der Waals surface area (Å²) in [6.45, 7) is 1.50. The van der Waals surface area contributed by atoms with Crippen molar-refractivity contribution in [1.82, 2.24) is 5.32 Å². The molecule has 0 atom stereocenters. The van der Waals surface area contributed by atoms with Crippen LogP contribution in [0.15, 0.2) is 24.3 Å². The fraction of sp³-hybridized carbons (Fsp3) is 0.533. The minimum atomic E-state index is 0.00740. The van der Waals surface area contributed by atoms with Gasteiger partial charge in [0.05, 0.1) is 0 Å².